The molecule has 1 heterocycles. The summed E-state index contributed by atoms with van der Waals surface area (Å²) in [6.07, 6.45) is 2.57. The molecule has 0 spiro atoms. The van der Waals surface area contributed by atoms with Crippen molar-refractivity contribution in [2.24, 2.45) is 5.73 Å². The summed E-state index contributed by atoms with van der Waals surface area (Å²) in [4.78, 5) is 6.47. The van der Waals surface area contributed by atoms with Crippen molar-refractivity contribution in [2.45, 2.75) is 19.9 Å². The first-order chi connectivity index (χ1) is 12.1. The van der Waals surface area contributed by atoms with Crippen LogP contribution in [0.25, 0.3) is 0 Å². The number of nitrogens with two attached hydrogens (primary N) is 1. The van der Waals surface area contributed by atoms with Crippen molar-refractivity contribution >= 4 is 23.1 Å². The van der Waals surface area contributed by atoms with Gasteiger partial charge in [0.25, 0.3) is 0 Å². The van der Waals surface area contributed by atoms with Crippen molar-refractivity contribution in [3.05, 3.63) is 95.2 Å². The third-order valence-corrected chi connectivity index (χ3v) is 4.31. The van der Waals surface area contributed by atoms with Crippen molar-refractivity contribution in [1.82, 2.24) is 4.98 Å². The number of hydrogen-bond donors (Lipinski definition) is 1. The van der Waals surface area contributed by atoms with Gasteiger partial charge >= 0.3 is 0 Å². The van der Waals surface area contributed by atoms with Crippen molar-refractivity contribution in [3.8, 4) is 0 Å². The van der Waals surface area contributed by atoms with E-state index in [4.69, 9.17) is 18.0 Å². The highest BCUT2D eigenvalue weighted by Gasteiger charge is 2.16. The van der Waals surface area contributed by atoms with Gasteiger partial charge in [-0.1, -0.05) is 66.2 Å². The van der Waals surface area contributed by atoms with Crippen LogP contribution >= 0.6 is 12.2 Å². The van der Waals surface area contributed by atoms with E-state index in [-0.39, 0.29) is 0 Å². The predicted octanol–water partition coefficient (Wildman–Crippen LogP) is 4.23. The Kier molecular flexibility index (Phi) is 5.41. The topological polar surface area (TPSA) is 42.1 Å². The van der Waals surface area contributed by atoms with E-state index >= 15 is 0 Å². The van der Waals surface area contributed by atoms with Gasteiger partial charge in [-0.2, -0.15) is 0 Å². The monoisotopic (exact) mass is 347 g/mol. The molecule has 3 nitrogen and oxygen atoms in total. The minimum atomic E-state index is 0.327. The van der Waals surface area contributed by atoms with E-state index in [0.29, 0.717) is 11.7 Å². The summed E-state index contributed by atoms with van der Waals surface area (Å²) in [6.45, 7) is 2.68. The summed E-state index contributed by atoms with van der Waals surface area (Å²) in [5.74, 6) is 0.819. The third-order valence-electron chi connectivity index (χ3n) is 4.09. The largest absolute Gasteiger partial charge is 0.376 e. The zero-order valence-electron chi connectivity index (χ0n) is 14.2. The van der Waals surface area contributed by atoms with Crippen molar-refractivity contribution in [2.75, 3.05) is 4.90 Å². The van der Waals surface area contributed by atoms with Gasteiger partial charge in [0.15, 0.2) is 5.11 Å². The van der Waals surface area contributed by atoms with Gasteiger partial charge in [0, 0.05) is 12.6 Å². The maximum absolute atomic E-state index is 6.03. The molecule has 0 atom stereocenters. The number of anilines is 1. The summed E-state index contributed by atoms with van der Waals surface area (Å²) in [7, 11) is 0. The minimum Gasteiger partial charge on any atom is -0.376 e. The van der Waals surface area contributed by atoms with Crippen LogP contribution in [0.5, 0.6) is 0 Å². The molecule has 0 radical (unpaired) electrons. The maximum Gasteiger partial charge on any atom is 0.172 e. The summed E-state index contributed by atoms with van der Waals surface area (Å²) >= 11 is 5.31. The van der Waals surface area contributed by atoms with Crippen LogP contribution in [0.1, 0.15) is 22.3 Å². The number of benzene rings is 2. The maximum atomic E-state index is 6.03. The molecule has 0 aliphatic heterocycles. The van der Waals surface area contributed by atoms with Gasteiger partial charge in [-0.15, -0.1) is 0 Å². The quantitative estimate of drug-likeness (QED) is 0.701. The smallest absolute Gasteiger partial charge is 0.172 e. The van der Waals surface area contributed by atoms with Gasteiger partial charge in [-0.25, -0.2) is 4.98 Å². The molecule has 0 fully saturated rings. The fraction of sp³-hybridized carbons (Fsp3) is 0.143. The molecule has 0 saturated heterocycles. The second kappa shape index (κ2) is 7.90. The van der Waals surface area contributed by atoms with Crippen LogP contribution in [-0.4, -0.2) is 10.1 Å². The fourth-order valence-electron chi connectivity index (χ4n) is 2.76. The molecule has 2 aromatic carbocycles. The van der Waals surface area contributed by atoms with Crippen LogP contribution in [0.2, 0.25) is 0 Å². The fourth-order valence-corrected chi connectivity index (χ4v) is 2.91. The molecule has 4 heteroatoms. The molecule has 126 valence electrons. The highest BCUT2D eigenvalue weighted by Crippen LogP contribution is 2.22. The number of thiocarbonyl (C=S) groups is 1. The molecule has 0 bridgehead atoms. The number of aryl methyl sites for hydroxylation is 1. The molecular weight excluding hydrogens is 326 g/mol. The first-order valence-electron chi connectivity index (χ1n) is 8.24. The van der Waals surface area contributed by atoms with Crippen LogP contribution in [-0.2, 0) is 13.0 Å². The Bertz CT molecular complexity index is 845. The standard InChI is InChI=1S/C21H21N3S/c1-16-9-11-18(12-10-16)15-24(21(22)25)20-19(8-5-13-23-20)14-17-6-3-2-4-7-17/h2-13H,14-15H2,1H3,(H2,22,25). The molecule has 0 aliphatic carbocycles. The van der Waals surface area contributed by atoms with Crippen LogP contribution < -0.4 is 10.6 Å². The van der Waals surface area contributed by atoms with E-state index in [1.165, 1.54) is 11.1 Å². The molecule has 3 aromatic rings. The Hall–Kier alpha value is -2.72. The Morgan fingerprint density at radius 2 is 1.68 bits per heavy atom. The Morgan fingerprint density at radius 1 is 0.960 bits per heavy atom. The van der Waals surface area contributed by atoms with E-state index in [1.807, 2.05) is 29.2 Å². The second-order valence-corrected chi connectivity index (χ2v) is 6.48. The first-order valence-corrected chi connectivity index (χ1v) is 8.64. The van der Waals surface area contributed by atoms with Gasteiger partial charge in [-0.3, -0.25) is 4.90 Å². The average molecular weight is 347 g/mol. The summed E-state index contributed by atoms with van der Waals surface area (Å²) in [6, 6.07) is 22.7. The van der Waals surface area contributed by atoms with Crippen molar-refractivity contribution in [1.29, 1.82) is 0 Å². The molecule has 3 rings (SSSR count). The lowest BCUT2D eigenvalue weighted by Crippen LogP contribution is -2.36. The lowest BCUT2D eigenvalue weighted by Gasteiger charge is -2.24. The molecule has 1 aromatic heterocycles. The van der Waals surface area contributed by atoms with Gasteiger partial charge in [-0.05, 0) is 41.9 Å². The molecule has 0 amide bonds. The molecule has 0 unspecified atom stereocenters. The van der Waals surface area contributed by atoms with Gasteiger partial charge < -0.3 is 5.73 Å². The minimum absolute atomic E-state index is 0.327. The zero-order chi connectivity index (χ0) is 17.6. The normalized spacial score (nSPS) is 10.4. The van der Waals surface area contributed by atoms with Crippen molar-refractivity contribution in [3.63, 3.8) is 0 Å². The number of rotatable bonds is 5. The van der Waals surface area contributed by atoms with E-state index in [1.54, 1.807) is 6.20 Å². The van der Waals surface area contributed by atoms with E-state index in [2.05, 4.69) is 54.4 Å². The van der Waals surface area contributed by atoms with Gasteiger partial charge in [0.1, 0.15) is 5.82 Å². The molecule has 0 aliphatic rings. The number of aromatic nitrogens is 1. The van der Waals surface area contributed by atoms with E-state index in [0.717, 1.165) is 23.4 Å². The van der Waals surface area contributed by atoms with Crippen molar-refractivity contribution < 1.29 is 0 Å². The zero-order valence-corrected chi connectivity index (χ0v) is 15.0. The highest BCUT2D eigenvalue weighted by molar-refractivity contribution is 7.80. The summed E-state index contributed by atoms with van der Waals surface area (Å²) in [5, 5.41) is 0.327. The molecular formula is C21H21N3S. The predicted molar refractivity (Wildman–Crippen MR) is 108 cm³/mol. The Balaban J connectivity index is 1.91. The second-order valence-electron chi connectivity index (χ2n) is 6.06. The van der Waals surface area contributed by atoms with E-state index in [9.17, 15) is 0 Å². The Labute approximate surface area is 154 Å². The Morgan fingerprint density at radius 3 is 2.36 bits per heavy atom. The van der Waals surface area contributed by atoms with Gasteiger partial charge in [0.2, 0.25) is 0 Å². The summed E-state index contributed by atoms with van der Waals surface area (Å²) < 4.78 is 0. The lowest BCUT2D eigenvalue weighted by molar-refractivity contribution is 0.956. The molecule has 25 heavy (non-hydrogen) atoms. The summed E-state index contributed by atoms with van der Waals surface area (Å²) in [5.41, 5.74) is 10.7. The first kappa shape index (κ1) is 17.1. The number of hydrogen-bond acceptors (Lipinski definition) is 2. The SMILES string of the molecule is Cc1ccc(CN(C(N)=S)c2ncccc2Cc2ccccc2)cc1. The third kappa shape index (κ3) is 4.43. The number of nitrogens with zero attached hydrogens (tertiary/aromatic N) is 2. The van der Waals surface area contributed by atoms with E-state index < -0.39 is 0 Å². The molecule has 2 N–H and O–H groups in total. The molecule has 0 saturated carbocycles. The van der Waals surface area contributed by atoms with Gasteiger partial charge in [0.05, 0.1) is 6.54 Å². The average Bonchev–Trinajstić information content (AvgIpc) is 2.63. The number of pyridine rings is 1. The van der Waals surface area contributed by atoms with Crippen LogP contribution in [0.4, 0.5) is 5.82 Å². The lowest BCUT2D eigenvalue weighted by atomic mass is 10.1. The van der Waals surface area contributed by atoms with Crippen LogP contribution in [0.15, 0.2) is 72.9 Å². The van der Waals surface area contributed by atoms with Crippen LogP contribution in [0, 0.1) is 6.92 Å². The highest BCUT2D eigenvalue weighted by atomic mass is 32.1. The van der Waals surface area contributed by atoms with Crippen LogP contribution in [0.3, 0.4) is 0 Å².